The van der Waals surface area contributed by atoms with E-state index in [1.54, 1.807) is 0 Å². The van der Waals surface area contributed by atoms with E-state index >= 15 is 0 Å². The summed E-state index contributed by atoms with van der Waals surface area (Å²) in [6, 6.07) is 0. The number of rotatable bonds is 9. The topological polar surface area (TPSA) is 93.1 Å². The summed E-state index contributed by atoms with van der Waals surface area (Å²) in [6.07, 6.45) is -41.4. The lowest BCUT2D eigenvalue weighted by atomic mass is 9.65. The van der Waals surface area contributed by atoms with Crippen molar-refractivity contribution in [1.29, 1.82) is 0 Å². The van der Waals surface area contributed by atoms with Gasteiger partial charge in [0.05, 0.1) is 19.7 Å². The molecule has 1 rings (SSSR count). The molecule has 0 heterocycles. The molecule has 0 amide bonds. The SMILES string of the molecule is CCC(C)(C(=O)OC1CC(C(O)(C(F)(F)F)C(F)(F)F)CC(C(O)(C(F)(F)F)C(F)(F)F)C1)C(F)(F)F.CCC(C)(C)C(=O)OC[Si](C)(C)C. The molecule has 0 aliphatic heterocycles. The van der Waals surface area contributed by atoms with Gasteiger partial charge in [0.15, 0.2) is 5.41 Å². The van der Waals surface area contributed by atoms with Crippen molar-refractivity contribution in [2.24, 2.45) is 22.7 Å². The minimum atomic E-state index is -6.77. The maximum Gasteiger partial charge on any atom is 0.426 e. The summed E-state index contributed by atoms with van der Waals surface area (Å²) in [4.78, 5) is 23.7. The molecule has 0 bridgehead atoms. The Bertz CT molecular complexity index is 1080. The maximum absolute atomic E-state index is 13.3. The molecular formula is C28H41F15O6Si. The summed E-state index contributed by atoms with van der Waals surface area (Å²) in [5.74, 6) is -9.81. The molecule has 1 aliphatic rings. The van der Waals surface area contributed by atoms with Gasteiger partial charge < -0.3 is 19.7 Å². The first-order chi connectivity index (χ1) is 21.7. The molecule has 3 unspecified atom stereocenters. The van der Waals surface area contributed by atoms with Crippen LogP contribution in [0.1, 0.15) is 66.7 Å². The fraction of sp³-hybridized carbons (Fsp3) is 0.929. The largest absolute Gasteiger partial charge is 0.469 e. The van der Waals surface area contributed by atoms with Gasteiger partial charge in [0.2, 0.25) is 0 Å². The summed E-state index contributed by atoms with van der Waals surface area (Å²) in [6.45, 7) is 13.3. The lowest BCUT2D eigenvalue weighted by Gasteiger charge is -2.48. The van der Waals surface area contributed by atoms with Crippen LogP contribution in [0.2, 0.25) is 19.6 Å². The van der Waals surface area contributed by atoms with Crippen molar-refractivity contribution in [2.75, 3.05) is 6.23 Å². The van der Waals surface area contributed by atoms with E-state index in [9.17, 15) is 85.7 Å². The summed E-state index contributed by atoms with van der Waals surface area (Å²) in [7, 11) is -1.25. The van der Waals surface area contributed by atoms with Crippen molar-refractivity contribution < 1.29 is 95.1 Å². The molecule has 0 aromatic heterocycles. The van der Waals surface area contributed by atoms with Crippen LogP contribution in [-0.2, 0) is 19.1 Å². The van der Waals surface area contributed by atoms with Crippen LogP contribution in [0, 0.1) is 22.7 Å². The summed E-state index contributed by atoms with van der Waals surface area (Å²) in [5.41, 5.74) is -15.8. The minimum absolute atomic E-state index is 0.0579. The molecule has 0 aromatic carbocycles. The first-order valence-corrected chi connectivity index (χ1v) is 18.6. The number of halogens is 15. The second-order valence-electron chi connectivity index (χ2n) is 14.2. The number of alkyl halides is 15. The molecule has 0 spiro atoms. The van der Waals surface area contributed by atoms with E-state index in [1.165, 1.54) is 0 Å². The van der Waals surface area contributed by atoms with Gasteiger partial charge in [-0.2, -0.15) is 65.9 Å². The molecule has 298 valence electrons. The van der Waals surface area contributed by atoms with Crippen LogP contribution in [0.15, 0.2) is 0 Å². The Labute approximate surface area is 279 Å². The summed E-state index contributed by atoms with van der Waals surface area (Å²) < 4.78 is 209. The third kappa shape index (κ3) is 10.3. The van der Waals surface area contributed by atoms with Crippen molar-refractivity contribution in [3.05, 3.63) is 0 Å². The van der Waals surface area contributed by atoms with E-state index in [0.29, 0.717) is 6.23 Å². The molecule has 6 nitrogen and oxygen atoms in total. The molecule has 0 radical (unpaired) electrons. The Morgan fingerprint density at radius 3 is 1.18 bits per heavy atom. The number of carbonyl (C=O) groups excluding carboxylic acids is 2. The van der Waals surface area contributed by atoms with Crippen LogP contribution < -0.4 is 0 Å². The molecule has 0 saturated heterocycles. The molecule has 3 atom stereocenters. The van der Waals surface area contributed by atoms with Crippen LogP contribution in [-0.4, -0.2) is 84.6 Å². The molecule has 0 aromatic rings. The number of hydrogen-bond acceptors (Lipinski definition) is 6. The van der Waals surface area contributed by atoms with E-state index < -0.39 is 105 Å². The molecule has 2 N–H and O–H groups in total. The van der Waals surface area contributed by atoms with Gasteiger partial charge >= 0.3 is 42.8 Å². The Hall–Kier alpha value is -1.97. The molecule has 1 fully saturated rings. The van der Waals surface area contributed by atoms with Gasteiger partial charge in [0.1, 0.15) is 6.10 Å². The van der Waals surface area contributed by atoms with Crippen molar-refractivity contribution in [1.82, 2.24) is 0 Å². The summed E-state index contributed by atoms with van der Waals surface area (Å²) in [5, 5.41) is 19.1. The number of ether oxygens (including phenoxy) is 2. The van der Waals surface area contributed by atoms with Crippen molar-refractivity contribution >= 4 is 20.0 Å². The van der Waals surface area contributed by atoms with Crippen molar-refractivity contribution in [2.45, 2.75) is 135 Å². The average molecular weight is 787 g/mol. The van der Waals surface area contributed by atoms with Crippen LogP contribution >= 0.6 is 0 Å². The number of hydrogen-bond donors (Lipinski definition) is 2. The van der Waals surface area contributed by atoms with Gasteiger partial charge in [-0.05, 0) is 52.9 Å². The lowest BCUT2D eigenvalue weighted by molar-refractivity contribution is -0.405. The van der Waals surface area contributed by atoms with Gasteiger partial charge in [-0.25, -0.2) is 0 Å². The zero-order valence-corrected chi connectivity index (χ0v) is 29.2. The molecule has 22 heteroatoms. The first kappa shape index (κ1) is 48.0. The van der Waals surface area contributed by atoms with Crippen LogP contribution in [0.5, 0.6) is 0 Å². The average Bonchev–Trinajstić information content (AvgIpc) is 2.90. The highest BCUT2D eigenvalue weighted by Gasteiger charge is 2.78. The van der Waals surface area contributed by atoms with Gasteiger partial charge in [-0.3, -0.25) is 9.59 Å². The predicted molar refractivity (Wildman–Crippen MR) is 148 cm³/mol. The second-order valence-corrected chi connectivity index (χ2v) is 19.6. The molecule has 50 heavy (non-hydrogen) atoms. The quantitative estimate of drug-likeness (QED) is 0.138. The molecule has 1 saturated carbocycles. The van der Waals surface area contributed by atoms with Crippen LogP contribution in [0.3, 0.4) is 0 Å². The lowest BCUT2D eigenvalue weighted by Crippen LogP contribution is -2.67. The van der Waals surface area contributed by atoms with Crippen molar-refractivity contribution in [3.63, 3.8) is 0 Å². The molecular weight excluding hydrogens is 745 g/mol. The predicted octanol–water partition coefficient (Wildman–Crippen LogP) is 8.85. The fourth-order valence-corrected chi connectivity index (χ4v) is 5.22. The highest BCUT2D eigenvalue weighted by molar-refractivity contribution is 6.76. The van der Waals surface area contributed by atoms with Gasteiger partial charge in [0, 0.05) is 11.8 Å². The Morgan fingerprint density at radius 2 is 0.940 bits per heavy atom. The third-order valence-corrected chi connectivity index (χ3v) is 9.71. The van der Waals surface area contributed by atoms with E-state index in [0.717, 1.165) is 13.3 Å². The highest BCUT2D eigenvalue weighted by atomic mass is 28.3. The number of esters is 2. The smallest absolute Gasteiger partial charge is 0.426 e. The first-order valence-electron chi connectivity index (χ1n) is 14.9. The zero-order chi connectivity index (χ0) is 40.5. The molecule has 1 aliphatic carbocycles. The van der Waals surface area contributed by atoms with E-state index in [-0.39, 0.29) is 18.3 Å². The maximum atomic E-state index is 13.3. The van der Waals surface area contributed by atoms with E-state index in [2.05, 4.69) is 24.4 Å². The van der Waals surface area contributed by atoms with Gasteiger partial charge in [0.25, 0.3) is 11.2 Å². The fourth-order valence-electron chi connectivity index (χ4n) is 4.66. The summed E-state index contributed by atoms with van der Waals surface area (Å²) >= 11 is 0. The standard InChI is InChI=1S/C18H19F15O4.C10H22O2Si/c1-3-11(2,14(19,20)21)10(34)37-9-5-7(12(35,15(22,23)24)16(25,26)27)4-8(6-9)13(36,17(28,29)30)18(31,32)33;1-7-10(2,3)9(11)12-8-13(4,5)6/h7-9,35-36H,3-6H2,1-2H3;7-8H2,1-6H3. The van der Waals surface area contributed by atoms with E-state index in [4.69, 9.17) is 4.74 Å². The van der Waals surface area contributed by atoms with Crippen LogP contribution in [0.4, 0.5) is 65.9 Å². The monoisotopic (exact) mass is 786 g/mol. The van der Waals surface area contributed by atoms with Crippen molar-refractivity contribution in [3.8, 4) is 0 Å². The normalized spacial score (nSPS) is 21.8. The van der Waals surface area contributed by atoms with Gasteiger partial charge in [-0.15, -0.1) is 0 Å². The highest BCUT2D eigenvalue weighted by Crippen LogP contribution is 2.58. The van der Waals surface area contributed by atoms with Gasteiger partial charge in [-0.1, -0.05) is 33.5 Å². The Kier molecular flexibility index (Phi) is 14.6. The zero-order valence-electron chi connectivity index (χ0n) is 28.2. The second kappa shape index (κ2) is 15.2. The van der Waals surface area contributed by atoms with Crippen LogP contribution in [0.25, 0.3) is 0 Å². The Morgan fingerprint density at radius 1 is 0.600 bits per heavy atom. The Balaban J connectivity index is 0.00000155. The number of carbonyl (C=O) groups is 2. The minimum Gasteiger partial charge on any atom is -0.469 e. The third-order valence-electron chi connectivity index (χ3n) is 8.70. The number of aliphatic hydroxyl groups is 2. The van der Waals surface area contributed by atoms with E-state index in [1.807, 2.05) is 20.8 Å².